The highest BCUT2D eigenvalue weighted by Crippen LogP contribution is 2.51. The largest absolute Gasteiger partial charge is 0.378 e. The van der Waals surface area contributed by atoms with Gasteiger partial charge < -0.3 is 14.8 Å². The molecule has 0 heterocycles. The van der Waals surface area contributed by atoms with E-state index in [9.17, 15) is 4.79 Å². The van der Waals surface area contributed by atoms with E-state index in [0.717, 1.165) is 6.42 Å². The molecule has 16 heavy (non-hydrogen) atoms. The molecule has 1 rings (SSSR count). The Kier molecular flexibility index (Phi) is 3.97. The molecule has 94 valence electrons. The quantitative estimate of drug-likeness (QED) is 0.774. The summed E-state index contributed by atoms with van der Waals surface area (Å²) in [7, 11) is 1.72. The van der Waals surface area contributed by atoms with Crippen molar-refractivity contribution in [2.75, 3.05) is 20.3 Å². The first-order chi connectivity index (χ1) is 7.37. The molecular weight excluding hydrogens is 206 g/mol. The van der Waals surface area contributed by atoms with Gasteiger partial charge in [-0.15, -0.1) is 0 Å². The lowest BCUT2D eigenvalue weighted by Gasteiger charge is -2.59. The highest BCUT2D eigenvalue weighted by Gasteiger charge is 2.58. The van der Waals surface area contributed by atoms with Crippen molar-refractivity contribution in [3.63, 3.8) is 0 Å². The van der Waals surface area contributed by atoms with E-state index < -0.39 is 0 Å². The van der Waals surface area contributed by atoms with Crippen LogP contribution in [0.4, 0.5) is 0 Å². The summed E-state index contributed by atoms with van der Waals surface area (Å²) in [6.45, 7) is 8.90. The van der Waals surface area contributed by atoms with Gasteiger partial charge in [-0.2, -0.15) is 0 Å². The average Bonchev–Trinajstić information content (AvgIpc) is 2.25. The third-order valence-corrected chi connectivity index (χ3v) is 4.05. The maximum Gasteiger partial charge on any atom is 0.246 e. The lowest BCUT2D eigenvalue weighted by atomic mass is 9.56. The molecule has 1 fully saturated rings. The second kappa shape index (κ2) is 4.72. The zero-order chi connectivity index (χ0) is 12.4. The van der Waals surface area contributed by atoms with Crippen molar-refractivity contribution in [1.29, 1.82) is 0 Å². The molecule has 4 nitrogen and oxygen atoms in total. The van der Waals surface area contributed by atoms with Crippen LogP contribution in [0, 0.1) is 5.41 Å². The van der Waals surface area contributed by atoms with Crippen LogP contribution in [-0.2, 0) is 14.3 Å². The first kappa shape index (κ1) is 13.5. The fourth-order valence-electron chi connectivity index (χ4n) is 2.15. The van der Waals surface area contributed by atoms with E-state index in [1.54, 1.807) is 7.11 Å². The monoisotopic (exact) mass is 229 g/mol. The topological polar surface area (TPSA) is 47.6 Å². The van der Waals surface area contributed by atoms with Crippen molar-refractivity contribution < 1.29 is 14.3 Å². The van der Waals surface area contributed by atoms with Gasteiger partial charge in [0.25, 0.3) is 0 Å². The maximum absolute atomic E-state index is 11.5. The molecule has 0 saturated heterocycles. The van der Waals surface area contributed by atoms with Crippen molar-refractivity contribution in [3.05, 3.63) is 0 Å². The SMILES string of the molecule is CCOCC(=O)N[C@H]1C[C@](C)(OC)C1(C)C. The first-order valence-electron chi connectivity index (χ1n) is 5.79. The zero-order valence-corrected chi connectivity index (χ0v) is 10.9. The molecule has 0 bridgehead atoms. The van der Waals surface area contributed by atoms with Crippen LogP contribution in [0.3, 0.4) is 0 Å². The molecule has 0 aromatic heterocycles. The van der Waals surface area contributed by atoms with Crippen molar-refractivity contribution in [2.24, 2.45) is 5.41 Å². The molecule has 1 N–H and O–H groups in total. The first-order valence-corrected chi connectivity index (χ1v) is 5.79. The second-order valence-electron chi connectivity index (χ2n) is 5.12. The van der Waals surface area contributed by atoms with Gasteiger partial charge in [0.2, 0.25) is 5.91 Å². The summed E-state index contributed by atoms with van der Waals surface area (Å²) < 4.78 is 10.6. The predicted octanol–water partition coefficient (Wildman–Crippen LogP) is 1.34. The number of rotatable bonds is 5. The van der Waals surface area contributed by atoms with E-state index in [1.165, 1.54) is 0 Å². The van der Waals surface area contributed by atoms with Crippen molar-refractivity contribution in [2.45, 2.75) is 45.8 Å². The zero-order valence-electron chi connectivity index (χ0n) is 10.9. The van der Waals surface area contributed by atoms with Crippen molar-refractivity contribution in [3.8, 4) is 0 Å². The van der Waals surface area contributed by atoms with Gasteiger partial charge in [-0.1, -0.05) is 13.8 Å². The molecule has 0 aromatic carbocycles. The minimum Gasteiger partial charge on any atom is -0.378 e. The van der Waals surface area contributed by atoms with E-state index in [4.69, 9.17) is 9.47 Å². The van der Waals surface area contributed by atoms with Crippen LogP contribution in [0.15, 0.2) is 0 Å². The fourth-order valence-corrected chi connectivity index (χ4v) is 2.15. The van der Waals surface area contributed by atoms with E-state index >= 15 is 0 Å². The second-order valence-corrected chi connectivity index (χ2v) is 5.12. The molecular formula is C12H23NO3. The number of carbonyl (C=O) groups excluding carboxylic acids is 1. The van der Waals surface area contributed by atoms with Crippen molar-refractivity contribution in [1.82, 2.24) is 5.32 Å². The van der Waals surface area contributed by atoms with Crippen LogP contribution in [0.2, 0.25) is 0 Å². The number of nitrogens with one attached hydrogen (secondary N) is 1. The Morgan fingerprint density at radius 3 is 2.50 bits per heavy atom. The summed E-state index contributed by atoms with van der Waals surface area (Å²) in [5.74, 6) is -0.0434. The predicted molar refractivity (Wildman–Crippen MR) is 62.2 cm³/mol. The molecule has 0 spiro atoms. The van der Waals surface area contributed by atoms with Gasteiger partial charge in [-0.3, -0.25) is 4.79 Å². The molecule has 1 amide bonds. The van der Waals surface area contributed by atoms with Crippen LogP contribution >= 0.6 is 0 Å². The van der Waals surface area contributed by atoms with Gasteiger partial charge in [0.05, 0.1) is 5.60 Å². The molecule has 0 radical (unpaired) electrons. The molecule has 0 aliphatic heterocycles. The number of hydrogen-bond donors (Lipinski definition) is 1. The Morgan fingerprint density at radius 2 is 2.06 bits per heavy atom. The number of amides is 1. The van der Waals surface area contributed by atoms with E-state index in [-0.39, 0.29) is 29.6 Å². The third kappa shape index (κ3) is 2.23. The number of methoxy groups -OCH3 is 1. The fraction of sp³-hybridized carbons (Fsp3) is 0.917. The normalized spacial score (nSPS) is 31.9. The Labute approximate surface area is 97.7 Å². The standard InChI is InChI=1S/C12H23NO3/c1-6-16-8-10(14)13-9-7-12(4,15-5)11(9,2)3/h9H,6-8H2,1-5H3,(H,13,14)/t9-,12-/m0/s1. The minimum atomic E-state index is -0.142. The molecule has 1 aliphatic carbocycles. The van der Waals surface area contributed by atoms with Gasteiger partial charge in [-0.25, -0.2) is 0 Å². The lowest BCUT2D eigenvalue weighted by molar-refractivity contribution is -0.183. The van der Waals surface area contributed by atoms with E-state index in [0.29, 0.717) is 6.61 Å². The summed E-state index contributed by atoms with van der Waals surface area (Å²) in [6.07, 6.45) is 0.856. The van der Waals surface area contributed by atoms with E-state index in [2.05, 4.69) is 26.1 Å². The average molecular weight is 229 g/mol. The maximum atomic E-state index is 11.5. The summed E-state index contributed by atoms with van der Waals surface area (Å²) in [5, 5.41) is 2.99. The van der Waals surface area contributed by atoms with Gasteiger partial charge in [0, 0.05) is 25.2 Å². The Bertz CT molecular complexity index is 265. The highest BCUT2D eigenvalue weighted by atomic mass is 16.5. The minimum absolute atomic E-state index is 0.0381. The molecule has 4 heteroatoms. The summed E-state index contributed by atoms with van der Waals surface area (Å²) in [4.78, 5) is 11.5. The Morgan fingerprint density at radius 1 is 1.44 bits per heavy atom. The number of hydrogen-bond acceptors (Lipinski definition) is 3. The van der Waals surface area contributed by atoms with Crippen LogP contribution in [0.1, 0.15) is 34.1 Å². The third-order valence-electron chi connectivity index (χ3n) is 4.05. The van der Waals surface area contributed by atoms with Crippen LogP contribution in [0.25, 0.3) is 0 Å². The van der Waals surface area contributed by atoms with Gasteiger partial charge >= 0.3 is 0 Å². The van der Waals surface area contributed by atoms with Gasteiger partial charge in [0.15, 0.2) is 0 Å². The van der Waals surface area contributed by atoms with Gasteiger partial charge in [0.1, 0.15) is 6.61 Å². The molecule has 0 unspecified atom stereocenters. The van der Waals surface area contributed by atoms with Crippen molar-refractivity contribution >= 4 is 5.91 Å². The molecule has 0 aromatic rings. The van der Waals surface area contributed by atoms with Crippen LogP contribution < -0.4 is 5.32 Å². The smallest absolute Gasteiger partial charge is 0.246 e. The van der Waals surface area contributed by atoms with Crippen LogP contribution in [-0.4, -0.2) is 37.9 Å². The Balaban J connectivity index is 2.45. The number of carbonyl (C=O) groups is 1. The summed E-state index contributed by atoms with van der Waals surface area (Å²) in [5.41, 5.74) is -0.180. The highest BCUT2D eigenvalue weighted by molar-refractivity contribution is 5.77. The number of ether oxygens (including phenoxy) is 2. The lowest BCUT2D eigenvalue weighted by Crippen LogP contribution is -2.68. The molecule has 1 saturated carbocycles. The molecule has 1 aliphatic rings. The molecule has 2 atom stereocenters. The summed E-state index contributed by atoms with van der Waals surface area (Å²) in [6, 6.07) is 0.172. The Hall–Kier alpha value is -0.610. The van der Waals surface area contributed by atoms with Gasteiger partial charge in [-0.05, 0) is 20.3 Å². The van der Waals surface area contributed by atoms with E-state index in [1.807, 2.05) is 6.92 Å². The van der Waals surface area contributed by atoms with Crippen LogP contribution in [0.5, 0.6) is 0 Å². The summed E-state index contributed by atoms with van der Waals surface area (Å²) >= 11 is 0.